The molecule has 0 aliphatic heterocycles. The highest BCUT2D eigenvalue weighted by atomic mass is 33.1. The predicted octanol–water partition coefficient (Wildman–Crippen LogP) is 3.13. The Morgan fingerprint density at radius 1 is 1.53 bits per heavy atom. The first kappa shape index (κ1) is 14.4. The van der Waals surface area contributed by atoms with Crippen molar-refractivity contribution in [3.8, 4) is 0 Å². The normalized spacial score (nSPS) is 12.1. The van der Waals surface area contributed by atoms with E-state index in [0.29, 0.717) is 0 Å². The smallest absolute Gasteiger partial charge is 0.233 e. The molecule has 1 heterocycles. The van der Waals surface area contributed by atoms with E-state index in [9.17, 15) is 4.79 Å². The van der Waals surface area contributed by atoms with Crippen molar-refractivity contribution in [3.63, 3.8) is 0 Å². The third kappa shape index (κ3) is 5.98. The van der Waals surface area contributed by atoms with Gasteiger partial charge in [0.05, 0.1) is 5.25 Å². The summed E-state index contributed by atoms with van der Waals surface area (Å²) < 4.78 is 0. The van der Waals surface area contributed by atoms with Gasteiger partial charge in [-0.3, -0.25) is 4.79 Å². The summed E-state index contributed by atoms with van der Waals surface area (Å²) in [5.41, 5.74) is 0. The zero-order valence-corrected chi connectivity index (χ0v) is 11.8. The topological polar surface area (TPSA) is 42.0 Å². The molecule has 0 bridgehead atoms. The summed E-state index contributed by atoms with van der Waals surface area (Å²) in [7, 11) is 3.08. The number of carbonyl (C=O) groups excluding carboxylic acids is 1. The molecular formula is C12H18N2OS2. The van der Waals surface area contributed by atoms with E-state index >= 15 is 0 Å². The van der Waals surface area contributed by atoms with Crippen molar-refractivity contribution in [2.24, 2.45) is 0 Å². The van der Waals surface area contributed by atoms with Crippen molar-refractivity contribution in [1.82, 2.24) is 10.3 Å². The molecule has 1 amide bonds. The maximum atomic E-state index is 11.7. The number of carbonyl (C=O) groups is 1. The Labute approximate surface area is 111 Å². The van der Waals surface area contributed by atoms with Crippen LogP contribution in [-0.2, 0) is 4.79 Å². The van der Waals surface area contributed by atoms with Crippen LogP contribution in [0.1, 0.15) is 26.7 Å². The monoisotopic (exact) mass is 270 g/mol. The van der Waals surface area contributed by atoms with E-state index in [1.807, 2.05) is 25.1 Å². The molecule has 0 saturated carbocycles. The highest BCUT2D eigenvalue weighted by molar-refractivity contribution is 8.77. The van der Waals surface area contributed by atoms with Crippen molar-refractivity contribution in [1.29, 1.82) is 0 Å². The summed E-state index contributed by atoms with van der Waals surface area (Å²) >= 11 is 0. The van der Waals surface area contributed by atoms with Crippen LogP contribution in [0.3, 0.4) is 0 Å². The second kappa shape index (κ2) is 8.42. The van der Waals surface area contributed by atoms with Crippen LogP contribution in [0.5, 0.6) is 0 Å². The number of amides is 1. The molecule has 0 spiro atoms. The lowest BCUT2D eigenvalue weighted by Gasteiger charge is -2.10. The number of nitrogens with zero attached hydrogens (tertiary/aromatic N) is 1. The van der Waals surface area contributed by atoms with Gasteiger partial charge in [-0.25, -0.2) is 4.98 Å². The van der Waals surface area contributed by atoms with Gasteiger partial charge in [-0.15, -0.1) is 0 Å². The van der Waals surface area contributed by atoms with Gasteiger partial charge in [0, 0.05) is 12.7 Å². The second-order valence-corrected chi connectivity index (χ2v) is 6.20. The number of hydrogen-bond donors (Lipinski definition) is 1. The van der Waals surface area contributed by atoms with Gasteiger partial charge >= 0.3 is 0 Å². The average Bonchev–Trinajstić information content (AvgIpc) is 2.37. The molecule has 1 atom stereocenters. The van der Waals surface area contributed by atoms with Crippen molar-refractivity contribution in [2.45, 2.75) is 37.0 Å². The molecule has 3 nitrogen and oxygen atoms in total. The minimum Gasteiger partial charge on any atom is -0.355 e. The van der Waals surface area contributed by atoms with Gasteiger partial charge < -0.3 is 5.32 Å². The van der Waals surface area contributed by atoms with E-state index in [1.165, 1.54) is 10.8 Å². The molecule has 0 radical (unpaired) electrons. The highest BCUT2D eigenvalue weighted by Gasteiger charge is 2.13. The predicted molar refractivity (Wildman–Crippen MR) is 75.1 cm³/mol. The quantitative estimate of drug-likeness (QED) is 0.610. The summed E-state index contributed by atoms with van der Waals surface area (Å²) in [5, 5.41) is 3.81. The first-order valence-electron chi connectivity index (χ1n) is 5.76. The molecule has 0 saturated heterocycles. The minimum atomic E-state index is -0.0566. The maximum absolute atomic E-state index is 11.7. The van der Waals surface area contributed by atoms with Gasteiger partial charge in [0.1, 0.15) is 5.03 Å². The summed E-state index contributed by atoms with van der Waals surface area (Å²) in [6, 6.07) is 5.77. The largest absolute Gasteiger partial charge is 0.355 e. The van der Waals surface area contributed by atoms with Crippen LogP contribution in [0.25, 0.3) is 0 Å². The highest BCUT2D eigenvalue weighted by Crippen LogP contribution is 2.32. The first-order chi connectivity index (χ1) is 8.24. The van der Waals surface area contributed by atoms with Gasteiger partial charge in [-0.05, 0) is 36.3 Å². The lowest BCUT2D eigenvalue weighted by atomic mass is 10.3. The van der Waals surface area contributed by atoms with Crippen molar-refractivity contribution >= 4 is 27.5 Å². The van der Waals surface area contributed by atoms with Crippen LogP contribution in [0.2, 0.25) is 0 Å². The SMILES string of the molecule is CCCCNC(=O)C(C)SSc1ccccn1. The number of unbranched alkanes of at least 4 members (excludes halogenated alkanes) is 1. The van der Waals surface area contributed by atoms with Crippen molar-refractivity contribution in [3.05, 3.63) is 24.4 Å². The minimum absolute atomic E-state index is 0.0566. The Hall–Kier alpha value is -0.680. The van der Waals surface area contributed by atoms with Gasteiger partial charge in [-0.2, -0.15) is 0 Å². The zero-order chi connectivity index (χ0) is 12.5. The van der Waals surface area contributed by atoms with Crippen molar-refractivity contribution in [2.75, 3.05) is 6.54 Å². The molecule has 0 fully saturated rings. The Bertz CT molecular complexity index is 333. The molecule has 5 heteroatoms. The molecule has 1 aromatic heterocycles. The first-order valence-corrected chi connectivity index (χ1v) is 7.97. The standard InChI is InChI=1S/C12H18N2OS2/c1-3-4-8-14-12(15)10(2)16-17-11-7-5-6-9-13-11/h5-7,9-10H,3-4,8H2,1-2H3,(H,14,15). The Morgan fingerprint density at radius 3 is 3.00 bits per heavy atom. The molecule has 1 aromatic rings. The molecule has 1 N–H and O–H groups in total. The van der Waals surface area contributed by atoms with Crippen LogP contribution in [0.4, 0.5) is 0 Å². The van der Waals surface area contributed by atoms with E-state index < -0.39 is 0 Å². The summed E-state index contributed by atoms with van der Waals surface area (Å²) in [4.78, 5) is 15.9. The third-order valence-corrected chi connectivity index (χ3v) is 4.79. The number of rotatable bonds is 7. The number of nitrogens with one attached hydrogen (secondary N) is 1. The molecular weight excluding hydrogens is 252 g/mol. The van der Waals surface area contributed by atoms with Gasteiger partial charge in [0.15, 0.2) is 0 Å². The van der Waals surface area contributed by atoms with Crippen LogP contribution in [0.15, 0.2) is 29.4 Å². The second-order valence-electron chi connectivity index (χ2n) is 3.63. The lowest BCUT2D eigenvalue weighted by molar-refractivity contribution is -0.120. The molecule has 17 heavy (non-hydrogen) atoms. The van der Waals surface area contributed by atoms with Crippen LogP contribution < -0.4 is 5.32 Å². The molecule has 0 aliphatic carbocycles. The summed E-state index contributed by atoms with van der Waals surface area (Å²) in [6.45, 7) is 4.80. The van der Waals surface area contributed by atoms with E-state index in [2.05, 4.69) is 17.2 Å². The maximum Gasteiger partial charge on any atom is 0.233 e. The average molecular weight is 270 g/mol. The molecule has 1 rings (SSSR count). The molecule has 94 valence electrons. The van der Waals surface area contributed by atoms with Gasteiger partial charge in [-0.1, -0.05) is 30.2 Å². The molecule has 1 unspecified atom stereocenters. The van der Waals surface area contributed by atoms with E-state index in [4.69, 9.17) is 0 Å². The summed E-state index contributed by atoms with van der Waals surface area (Å²) in [5.74, 6) is 0.104. The van der Waals surface area contributed by atoms with Gasteiger partial charge in [0.25, 0.3) is 0 Å². The Kier molecular flexibility index (Phi) is 7.12. The number of pyridine rings is 1. The van der Waals surface area contributed by atoms with Crippen LogP contribution >= 0.6 is 21.6 Å². The van der Waals surface area contributed by atoms with E-state index in [1.54, 1.807) is 17.0 Å². The Balaban J connectivity index is 2.24. The molecule has 0 aliphatic rings. The number of hydrogen-bond acceptors (Lipinski definition) is 4. The zero-order valence-electron chi connectivity index (χ0n) is 10.2. The van der Waals surface area contributed by atoms with E-state index in [0.717, 1.165) is 24.4 Å². The lowest BCUT2D eigenvalue weighted by Crippen LogP contribution is -2.31. The van der Waals surface area contributed by atoms with Gasteiger partial charge in [0.2, 0.25) is 5.91 Å². The van der Waals surface area contributed by atoms with Crippen LogP contribution in [-0.4, -0.2) is 22.7 Å². The Morgan fingerprint density at radius 2 is 2.35 bits per heavy atom. The third-order valence-electron chi connectivity index (χ3n) is 2.11. The fourth-order valence-corrected chi connectivity index (χ4v) is 3.03. The van der Waals surface area contributed by atoms with Crippen molar-refractivity contribution < 1.29 is 4.79 Å². The fraction of sp³-hybridized carbons (Fsp3) is 0.500. The van der Waals surface area contributed by atoms with Crippen LogP contribution in [0, 0.1) is 0 Å². The summed E-state index contributed by atoms with van der Waals surface area (Å²) in [6.07, 6.45) is 3.90. The number of aromatic nitrogens is 1. The fourth-order valence-electron chi connectivity index (χ4n) is 1.09. The van der Waals surface area contributed by atoms with E-state index in [-0.39, 0.29) is 11.2 Å². The molecule has 0 aromatic carbocycles.